The van der Waals surface area contributed by atoms with Crippen LogP contribution in [0.15, 0.2) is 30.5 Å². The highest BCUT2D eigenvalue weighted by molar-refractivity contribution is 5.98. The summed E-state index contributed by atoms with van der Waals surface area (Å²) in [5, 5.41) is 1.18. The van der Waals surface area contributed by atoms with Gasteiger partial charge in [0.25, 0.3) is 0 Å². The van der Waals surface area contributed by atoms with Gasteiger partial charge in [0.1, 0.15) is 0 Å². The number of aromatic nitrogens is 1. The molecule has 2 heterocycles. The molecule has 0 atom stereocenters. The van der Waals surface area contributed by atoms with Crippen LogP contribution in [0.5, 0.6) is 0 Å². The van der Waals surface area contributed by atoms with E-state index in [2.05, 4.69) is 28.9 Å². The Hall–Kier alpha value is -1.77. The van der Waals surface area contributed by atoms with Crippen LogP contribution in [0, 0.1) is 5.92 Å². The van der Waals surface area contributed by atoms with Crippen molar-refractivity contribution in [3.63, 3.8) is 0 Å². The van der Waals surface area contributed by atoms with E-state index in [1.807, 2.05) is 18.3 Å². The highest BCUT2D eigenvalue weighted by atomic mass is 15.1. The molecular formula is C16H21N3. The molecule has 1 aliphatic heterocycles. The number of rotatable bonds is 2. The number of pyridine rings is 1. The zero-order valence-electron chi connectivity index (χ0n) is 11.5. The van der Waals surface area contributed by atoms with E-state index >= 15 is 0 Å². The van der Waals surface area contributed by atoms with Gasteiger partial charge in [0.15, 0.2) is 0 Å². The fourth-order valence-corrected chi connectivity index (χ4v) is 3.04. The van der Waals surface area contributed by atoms with E-state index in [0.717, 1.165) is 30.2 Å². The van der Waals surface area contributed by atoms with Gasteiger partial charge in [0.05, 0.1) is 11.2 Å². The summed E-state index contributed by atoms with van der Waals surface area (Å²) in [6, 6.07) is 8.18. The van der Waals surface area contributed by atoms with Crippen molar-refractivity contribution in [3.05, 3.63) is 30.5 Å². The monoisotopic (exact) mass is 255 g/mol. The molecule has 100 valence electrons. The second-order valence-electron chi connectivity index (χ2n) is 5.41. The van der Waals surface area contributed by atoms with Crippen molar-refractivity contribution in [3.8, 4) is 0 Å². The van der Waals surface area contributed by atoms with E-state index in [9.17, 15) is 0 Å². The first-order chi connectivity index (χ1) is 9.29. The zero-order valence-corrected chi connectivity index (χ0v) is 11.5. The largest absolute Gasteiger partial charge is 0.397 e. The van der Waals surface area contributed by atoms with Crippen LogP contribution in [0.25, 0.3) is 10.9 Å². The van der Waals surface area contributed by atoms with E-state index in [0.29, 0.717) is 0 Å². The molecule has 1 aliphatic rings. The Morgan fingerprint density at radius 1 is 1.26 bits per heavy atom. The average Bonchev–Trinajstić information content (AvgIpc) is 2.47. The van der Waals surface area contributed by atoms with Crippen molar-refractivity contribution >= 4 is 22.3 Å². The first-order valence-electron chi connectivity index (χ1n) is 7.17. The predicted molar refractivity (Wildman–Crippen MR) is 81.4 cm³/mol. The highest BCUT2D eigenvalue weighted by Gasteiger charge is 2.19. The Morgan fingerprint density at radius 2 is 2.05 bits per heavy atom. The molecule has 3 heteroatoms. The SMILES string of the molecule is CCC1CCN(c2ccnc3c(N)cccc23)CC1. The normalized spacial score (nSPS) is 17.0. The minimum atomic E-state index is 0.766. The first kappa shape index (κ1) is 12.3. The molecule has 0 amide bonds. The Balaban J connectivity index is 1.95. The molecule has 19 heavy (non-hydrogen) atoms. The molecule has 1 saturated heterocycles. The maximum absolute atomic E-state index is 6.02. The van der Waals surface area contributed by atoms with E-state index in [1.165, 1.54) is 30.3 Å². The lowest BCUT2D eigenvalue weighted by atomic mass is 9.94. The second-order valence-corrected chi connectivity index (χ2v) is 5.41. The van der Waals surface area contributed by atoms with Crippen LogP contribution in [0.1, 0.15) is 26.2 Å². The Kier molecular flexibility index (Phi) is 3.28. The Labute approximate surface area is 114 Å². The summed E-state index contributed by atoms with van der Waals surface area (Å²) >= 11 is 0. The third-order valence-electron chi connectivity index (χ3n) is 4.31. The van der Waals surface area contributed by atoms with Crippen LogP contribution in [-0.2, 0) is 0 Å². The van der Waals surface area contributed by atoms with Gasteiger partial charge in [-0.25, -0.2) is 0 Å². The summed E-state index contributed by atoms with van der Waals surface area (Å²) in [5.41, 5.74) is 9.00. The van der Waals surface area contributed by atoms with Crippen LogP contribution in [0.3, 0.4) is 0 Å². The summed E-state index contributed by atoms with van der Waals surface area (Å²) in [6.07, 6.45) is 5.77. The summed E-state index contributed by atoms with van der Waals surface area (Å²) in [7, 11) is 0. The molecule has 1 aromatic heterocycles. The van der Waals surface area contributed by atoms with Gasteiger partial charge >= 0.3 is 0 Å². The number of benzene rings is 1. The van der Waals surface area contributed by atoms with Crippen LogP contribution < -0.4 is 10.6 Å². The third-order valence-corrected chi connectivity index (χ3v) is 4.31. The molecule has 1 fully saturated rings. The minimum Gasteiger partial charge on any atom is -0.397 e. The Morgan fingerprint density at radius 3 is 2.79 bits per heavy atom. The number of fused-ring (bicyclic) bond motifs is 1. The summed E-state index contributed by atoms with van der Waals surface area (Å²) in [5.74, 6) is 0.898. The minimum absolute atomic E-state index is 0.766. The fraction of sp³-hybridized carbons (Fsp3) is 0.438. The van der Waals surface area contributed by atoms with Crippen molar-refractivity contribution in [1.82, 2.24) is 4.98 Å². The summed E-state index contributed by atoms with van der Waals surface area (Å²) < 4.78 is 0. The van der Waals surface area contributed by atoms with Gasteiger partial charge in [-0.15, -0.1) is 0 Å². The number of nitrogen functional groups attached to an aromatic ring is 1. The number of hydrogen-bond donors (Lipinski definition) is 1. The molecule has 0 aliphatic carbocycles. The van der Waals surface area contributed by atoms with E-state index in [4.69, 9.17) is 5.73 Å². The lowest BCUT2D eigenvalue weighted by Gasteiger charge is -2.33. The van der Waals surface area contributed by atoms with Crippen LogP contribution >= 0.6 is 0 Å². The molecule has 0 spiro atoms. The third kappa shape index (κ3) is 2.25. The molecule has 0 radical (unpaired) electrons. The maximum Gasteiger partial charge on any atom is 0.0951 e. The van der Waals surface area contributed by atoms with Crippen LogP contribution in [0.2, 0.25) is 0 Å². The van der Waals surface area contributed by atoms with Gasteiger partial charge in [0.2, 0.25) is 0 Å². The van der Waals surface area contributed by atoms with Crippen LogP contribution in [0.4, 0.5) is 11.4 Å². The van der Waals surface area contributed by atoms with Crippen molar-refractivity contribution in [1.29, 1.82) is 0 Å². The first-order valence-corrected chi connectivity index (χ1v) is 7.17. The lowest BCUT2D eigenvalue weighted by molar-refractivity contribution is 0.395. The predicted octanol–water partition coefficient (Wildman–Crippen LogP) is 3.44. The topological polar surface area (TPSA) is 42.2 Å². The maximum atomic E-state index is 6.02. The molecule has 0 bridgehead atoms. The molecule has 1 aromatic carbocycles. The van der Waals surface area contributed by atoms with Crippen molar-refractivity contribution < 1.29 is 0 Å². The van der Waals surface area contributed by atoms with Gasteiger partial charge in [-0.05, 0) is 30.9 Å². The zero-order chi connectivity index (χ0) is 13.2. The molecule has 3 nitrogen and oxygen atoms in total. The van der Waals surface area contributed by atoms with Crippen molar-refractivity contribution in [2.24, 2.45) is 5.92 Å². The number of para-hydroxylation sites is 1. The van der Waals surface area contributed by atoms with E-state index < -0.39 is 0 Å². The van der Waals surface area contributed by atoms with Gasteiger partial charge in [-0.3, -0.25) is 4.98 Å². The quantitative estimate of drug-likeness (QED) is 0.836. The molecule has 2 aromatic rings. The van der Waals surface area contributed by atoms with E-state index in [1.54, 1.807) is 0 Å². The van der Waals surface area contributed by atoms with Crippen LogP contribution in [-0.4, -0.2) is 18.1 Å². The number of hydrogen-bond acceptors (Lipinski definition) is 3. The molecule has 3 rings (SSSR count). The van der Waals surface area contributed by atoms with Gasteiger partial charge < -0.3 is 10.6 Å². The Bertz CT molecular complexity index is 571. The van der Waals surface area contributed by atoms with Gasteiger partial charge in [-0.1, -0.05) is 25.5 Å². The molecular weight excluding hydrogens is 234 g/mol. The number of nitrogens with two attached hydrogens (primary N) is 1. The molecule has 0 saturated carbocycles. The van der Waals surface area contributed by atoms with Gasteiger partial charge in [-0.2, -0.15) is 0 Å². The van der Waals surface area contributed by atoms with E-state index in [-0.39, 0.29) is 0 Å². The number of nitrogens with zero attached hydrogens (tertiary/aromatic N) is 2. The van der Waals surface area contributed by atoms with Crippen molar-refractivity contribution in [2.75, 3.05) is 23.7 Å². The van der Waals surface area contributed by atoms with Gasteiger partial charge in [0, 0.05) is 30.4 Å². The summed E-state index contributed by atoms with van der Waals surface area (Å²) in [4.78, 5) is 6.90. The van der Waals surface area contributed by atoms with Crippen molar-refractivity contribution in [2.45, 2.75) is 26.2 Å². The molecule has 2 N–H and O–H groups in total. The lowest BCUT2D eigenvalue weighted by Crippen LogP contribution is -2.33. The number of anilines is 2. The fourth-order valence-electron chi connectivity index (χ4n) is 3.04. The molecule has 0 unspecified atom stereocenters. The average molecular weight is 255 g/mol. The smallest absolute Gasteiger partial charge is 0.0951 e. The standard InChI is InChI=1S/C16H21N3/c1-2-12-7-10-19(11-8-12)15-6-9-18-16-13(15)4-3-5-14(16)17/h3-6,9,12H,2,7-8,10-11,17H2,1H3. The second kappa shape index (κ2) is 5.08. The number of piperidine rings is 1. The highest BCUT2D eigenvalue weighted by Crippen LogP contribution is 2.31. The summed E-state index contributed by atoms with van der Waals surface area (Å²) in [6.45, 7) is 4.59.